The third-order valence-electron chi connectivity index (χ3n) is 4.83. The first kappa shape index (κ1) is 18.5. The minimum Gasteiger partial charge on any atom is -0.390 e. The third kappa shape index (κ3) is 3.94. The fourth-order valence-corrected chi connectivity index (χ4v) is 3.30. The molecule has 4 rings (SSSR count). The molecule has 3 aromatic heterocycles. The molecule has 1 saturated heterocycles. The van der Waals surface area contributed by atoms with Gasteiger partial charge in [-0.1, -0.05) is 6.92 Å². The number of aliphatic hydroxyl groups is 1. The summed E-state index contributed by atoms with van der Waals surface area (Å²) in [4.78, 5) is 21.9. The molecule has 3 N–H and O–H groups in total. The van der Waals surface area contributed by atoms with Gasteiger partial charge in [0.15, 0.2) is 5.65 Å². The molecule has 0 aromatic carbocycles. The summed E-state index contributed by atoms with van der Waals surface area (Å²) < 4.78 is 2.24. The Kier molecular flexibility index (Phi) is 5.38. The number of fused-ring (bicyclic) bond motifs is 3. The average molecular weight is 357 g/mol. The Labute approximate surface area is 152 Å². The zero-order valence-corrected chi connectivity index (χ0v) is 15.6. The van der Waals surface area contributed by atoms with Crippen molar-refractivity contribution in [1.29, 1.82) is 0 Å². The van der Waals surface area contributed by atoms with Gasteiger partial charge in [0.25, 0.3) is 0 Å². The number of aldehydes is 1. The fraction of sp³-hybridized carbons (Fsp3) is 0.526. The van der Waals surface area contributed by atoms with Crippen LogP contribution in [-0.4, -0.2) is 49.4 Å². The third-order valence-corrected chi connectivity index (χ3v) is 4.83. The van der Waals surface area contributed by atoms with Crippen LogP contribution in [0.15, 0.2) is 24.7 Å². The maximum atomic E-state index is 9.66. The SMILES string of the molecule is CC(C)(O)CC=O.C[C@@H]1CCNC[C@@H]1c1ncc2cnc3[nH]ccc3n12. The first-order valence-corrected chi connectivity index (χ1v) is 9.07. The number of aromatic amines is 1. The number of piperidine rings is 1. The highest BCUT2D eigenvalue weighted by Gasteiger charge is 2.26. The van der Waals surface area contributed by atoms with Crippen molar-refractivity contribution < 1.29 is 9.90 Å². The highest BCUT2D eigenvalue weighted by atomic mass is 16.3. The van der Waals surface area contributed by atoms with E-state index in [-0.39, 0.29) is 6.42 Å². The number of hydrogen-bond donors (Lipinski definition) is 3. The van der Waals surface area contributed by atoms with Gasteiger partial charge in [0.1, 0.15) is 12.1 Å². The quantitative estimate of drug-likeness (QED) is 0.625. The zero-order chi connectivity index (χ0) is 18.7. The molecule has 7 nitrogen and oxygen atoms in total. The Bertz CT molecular complexity index is 877. The van der Waals surface area contributed by atoms with Crippen molar-refractivity contribution in [3.8, 4) is 0 Å². The maximum Gasteiger partial charge on any atom is 0.154 e. The molecule has 0 amide bonds. The van der Waals surface area contributed by atoms with Gasteiger partial charge in [0.05, 0.1) is 29.0 Å². The monoisotopic (exact) mass is 357 g/mol. The first-order chi connectivity index (χ1) is 12.4. The molecule has 140 valence electrons. The highest BCUT2D eigenvalue weighted by molar-refractivity contribution is 5.75. The normalized spacial score (nSPS) is 20.8. The Morgan fingerprint density at radius 1 is 1.38 bits per heavy atom. The van der Waals surface area contributed by atoms with Crippen molar-refractivity contribution in [3.63, 3.8) is 0 Å². The fourth-order valence-electron chi connectivity index (χ4n) is 3.30. The van der Waals surface area contributed by atoms with Crippen LogP contribution in [-0.2, 0) is 4.79 Å². The lowest BCUT2D eigenvalue weighted by Gasteiger charge is -2.28. The van der Waals surface area contributed by atoms with Crippen molar-refractivity contribution in [3.05, 3.63) is 30.5 Å². The maximum absolute atomic E-state index is 9.66. The lowest BCUT2D eigenvalue weighted by atomic mass is 9.87. The lowest BCUT2D eigenvalue weighted by Crippen LogP contribution is -2.34. The number of hydrogen-bond acceptors (Lipinski definition) is 5. The van der Waals surface area contributed by atoms with Gasteiger partial charge in [0, 0.05) is 25.1 Å². The molecule has 0 aliphatic carbocycles. The number of H-pyrrole nitrogens is 1. The summed E-state index contributed by atoms with van der Waals surface area (Å²) in [5.41, 5.74) is 2.28. The Morgan fingerprint density at radius 3 is 2.81 bits per heavy atom. The minimum absolute atomic E-state index is 0.215. The second-order valence-corrected chi connectivity index (χ2v) is 7.61. The molecule has 2 atom stereocenters. The Morgan fingerprint density at radius 2 is 2.15 bits per heavy atom. The van der Waals surface area contributed by atoms with E-state index >= 15 is 0 Å². The predicted octanol–water partition coefficient (Wildman–Crippen LogP) is 2.27. The molecular formula is C19H27N5O2. The number of carbonyl (C=O) groups is 1. The summed E-state index contributed by atoms with van der Waals surface area (Å²) in [6, 6.07) is 2.07. The number of rotatable bonds is 3. The molecule has 0 saturated carbocycles. The van der Waals surface area contributed by atoms with Crippen LogP contribution in [0.5, 0.6) is 0 Å². The van der Waals surface area contributed by atoms with Crippen LogP contribution in [0.1, 0.15) is 45.4 Å². The number of nitrogens with zero attached hydrogens (tertiary/aromatic N) is 3. The van der Waals surface area contributed by atoms with Crippen LogP contribution in [0.2, 0.25) is 0 Å². The van der Waals surface area contributed by atoms with Gasteiger partial charge < -0.3 is 20.2 Å². The van der Waals surface area contributed by atoms with E-state index < -0.39 is 5.60 Å². The molecule has 1 fully saturated rings. The van der Waals surface area contributed by atoms with Crippen molar-refractivity contribution in [2.45, 2.75) is 45.1 Å². The molecule has 7 heteroatoms. The van der Waals surface area contributed by atoms with E-state index in [0.717, 1.165) is 35.6 Å². The zero-order valence-electron chi connectivity index (χ0n) is 15.6. The van der Waals surface area contributed by atoms with Crippen LogP contribution in [0.4, 0.5) is 0 Å². The average Bonchev–Trinajstić information content (AvgIpc) is 3.20. The van der Waals surface area contributed by atoms with Gasteiger partial charge in [-0.3, -0.25) is 4.40 Å². The molecule has 4 heterocycles. The summed E-state index contributed by atoms with van der Waals surface area (Å²) in [5.74, 6) is 2.28. The molecule has 0 radical (unpaired) electrons. The lowest BCUT2D eigenvalue weighted by molar-refractivity contribution is -0.111. The molecule has 1 aliphatic rings. The van der Waals surface area contributed by atoms with E-state index in [0.29, 0.717) is 18.1 Å². The van der Waals surface area contributed by atoms with Crippen LogP contribution < -0.4 is 5.32 Å². The molecular weight excluding hydrogens is 330 g/mol. The van der Waals surface area contributed by atoms with E-state index in [4.69, 9.17) is 5.11 Å². The Balaban J connectivity index is 0.000000242. The summed E-state index contributed by atoms with van der Waals surface area (Å²) >= 11 is 0. The minimum atomic E-state index is -0.818. The second kappa shape index (κ2) is 7.55. The van der Waals surface area contributed by atoms with Gasteiger partial charge in [0.2, 0.25) is 0 Å². The topological polar surface area (TPSA) is 95.3 Å². The number of carbonyl (C=O) groups excluding carboxylic acids is 1. The Hall–Kier alpha value is -2.25. The highest BCUT2D eigenvalue weighted by Crippen LogP contribution is 2.29. The summed E-state index contributed by atoms with van der Waals surface area (Å²) in [7, 11) is 0. The van der Waals surface area contributed by atoms with E-state index in [1.54, 1.807) is 13.8 Å². The van der Waals surface area contributed by atoms with Crippen molar-refractivity contribution in [1.82, 2.24) is 24.7 Å². The van der Waals surface area contributed by atoms with Crippen molar-refractivity contribution >= 4 is 23.0 Å². The van der Waals surface area contributed by atoms with Crippen LogP contribution in [0.3, 0.4) is 0 Å². The van der Waals surface area contributed by atoms with Gasteiger partial charge in [-0.05, 0) is 38.8 Å². The molecule has 0 spiro atoms. The van der Waals surface area contributed by atoms with Gasteiger partial charge >= 0.3 is 0 Å². The van der Waals surface area contributed by atoms with E-state index in [2.05, 4.69) is 37.7 Å². The number of aromatic nitrogens is 4. The second-order valence-electron chi connectivity index (χ2n) is 7.61. The predicted molar refractivity (Wildman–Crippen MR) is 101 cm³/mol. The van der Waals surface area contributed by atoms with Crippen LogP contribution in [0, 0.1) is 5.92 Å². The standard InChI is InChI=1S/C14H17N5.C5H10O2/c1-9-2-4-15-8-11(9)14-18-7-10-6-17-13-12(19(10)14)3-5-16-13;1-5(2,7)3-4-6/h3,5-7,9,11,15-16H,2,4,8H2,1H3;4,7H,3H2,1-2H3/t9-,11+;/m1./s1. The molecule has 26 heavy (non-hydrogen) atoms. The molecule has 1 aliphatic heterocycles. The number of nitrogens with one attached hydrogen (secondary N) is 2. The van der Waals surface area contributed by atoms with Crippen molar-refractivity contribution in [2.75, 3.05) is 13.1 Å². The summed E-state index contributed by atoms with van der Waals surface area (Å²) in [6.45, 7) is 7.64. The van der Waals surface area contributed by atoms with Crippen LogP contribution >= 0.6 is 0 Å². The molecule has 3 aromatic rings. The van der Waals surface area contributed by atoms with Gasteiger partial charge in [-0.2, -0.15) is 0 Å². The van der Waals surface area contributed by atoms with E-state index in [1.165, 1.54) is 6.42 Å². The largest absolute Gasteiger partial charge is 0.390 e. The van der Waals surface area contributed by atoms with Gasteiger partial charge in [-0.15, -0.1) is 0 Å². The van der Waals surface area contributed by atoms with E-state index in [9.17, 15) is 4.79 Å². The number of imidazole rings is 1. The summed E-state index contributed by atoms with van der Waals surface area (Å²) in [5, 5.41) is 12.3. The van der Waals surface area contributed by atoms with Crippen LogP contribution in [0.25, 0.3) is 16.7 Å². The van der Waals surface area contributed by atoms with Gasteiger partial charge in [-0.25, -0.2) is 9.97 Å². The molecule has 0 bridgehead atoms. The first-order valence-electron chi connectivity index (χ1n) is 9.07. The van der Waals surface area contributed by atoms with Crippen molar-refractivity contribution in [2.24, 2.45) is 5.92 Å². The smallest absolute Gasteiger partial charge is 0.154 e. The summed E-state index contributed by atoms with van der Waals surface area (Å²) in [6.07, 6.45) is 7.88. The molecule has 0 unspecified atom stereocenters. The van der Waals surface area contributed by atoms with E-state index in [1.807, 2.05) is 18.6 Å².